The first-order chi connectivity index (χ1) is 15.1. The fraction of sp³-hybridized carbons (Fsp3) is 0.348. The number of ether oxygens (including phenoxy) is 2. The number of amides is 1. The smallest absolute Gasteiger partial charge is 0.226 e. The van der Waals surface area contributed by atoms with Crippen LogP contribution in [0.5, 0.6) is 11.5 Å². The van der Waals surface area contributed by atoms with Crippen LogP contribution < -0.4 is 9.47 Å². The van der Waals surface area contributed by atoms with Crippen LogP contribution in [0.3, 0.4) is 0 Å². The average Bonchev–Trinajstić information content (AvgIpc) is 3.26. The van der Waals surface area contributed by atoms with Gasteiger partial charge in [0, 0.05) is 37.1 Å². The van der Waals surface area contributed by atoms with Crippen LogP contribution in [0.4, 0.5) is 4.39 Å². The zero-order valence-corrected chi connectivity index (χ0v) is 17.3. The third-order valence-electron chi connectivity index (χ3n) is 5.10. The van der Waals surface area contributed by atoms with Crippen molar-refractivity contribution in [3.8, 4) is 22.9 Å². The standard InChI is InChI=1S/C23H24FN3O4/c1-2-27(15-17-5-3-6-19-22(17)30-14-13-29-19)21(28)8-4-7-20-25-23(26-31-20)16-9-11-18(24)12-10-16/h3,5-6,9-12H,2,4,7-8,13-15H2,1H3. The molecule has 7 nitrogen and oxygen atoms in total. The molecular formula is C23H24FN3O4. The molecule has 1 aliphatic rings. The van der Waals surface area contributed by atoms with Gasteiger partial charge in [0.15, 0.2) is 11.5 Å². The predicted molar refractivity (Wildman–Crippen MR) is 111 cm³/mol. The molecule has 1 aliphatic heterocycles. The first-order valence-electron chi connectivity index (χ1n) is 10.4. The van der Waals surface area contributed by atoms with Crippen molar-refractivity contribution in [2.75, 3.05) is 19.8 Å². The molecule has 0 spiro atoms. The number of aromatic nitrogens is 2. The van der Waals surface area contributed by atoms with Crippen LogP contribution in [-0.4, -0.2) is 40.7 Å². The van der Waals surface area contributed by atoms with E-state index in [9.17, 15) is 9.18 Å². The Morgan fingerprint density at radius 3 is 2.74 bits per heavy atom. The molecule has 1 amide bonds. The summed E-state index contributed by atoms with van der Waals surface area (Å²) >= 11 is 0. The number of carbonyl (C=O) groups is 1. The highest BCUT2D eigenvalue weighted by molar-refractivity contribution is 5.76. The molecule has 31 heavy (non-hydrogen) atoms. The Labute approximate surface area is 179 Å². The molecule has 0 bridgehead atoms. The van der Waals surface area contributed by atoms with Crippen molar-refractivity contribution in [1.29, 1.82) is 0 Å². The van der Waals surface area contributed by atoms with Gasteiger partial charge in [-0.05, 0) is 43.7 Å². The normalized spacial score (nSPS) is 12.6. The first-order valence-corrected chi connectivity index (χ1v) is 10.4. The van der Waals surface area contributed by atoms with Gasteiger partial charge in [-0.25, -0.2) is 4.39 Å². The number of carbonyl (C=O) groups excluding carboxylic acids is 1. The lowest BCUT2D eigenvalue weighted by Gasteiger charge is -2.25. The molecule has 8 heteroatoms. The number of aryl methyl sites for hydroxylation is 1. The van der Waals surface area contributed by atoms with Gasteiger partial charge in [0.05, 0.1) is 0 Å². The number of halogens is 1. The predicted octanol–water partition coefficient (Wildman–Crippen LogP) is 4.02. The van der Waals surface area contributed by atoms with Crippen LogP contribution >= 0.6 is 0 Å². The van der Waals surface area contributed by atoms with Gasteiger partial charge in [0.2, 0.25) is 17.6 Å². The summed E-state index contributed by atoms with van der Waals surface area (Å²) in [6.07, 6.45) is 1.45. The molecular weight excluding hydrogens is 401 g/mol. The summed E-state index contributed by atoms with van der Waals surface area (Å²) < 4.78 is 29.7. The second kappa shape index (κ2) is 9.59. The minimum Gasteiger partial charge on any atom is -0.486 e. The Morgan fingerprint density at radius 2 is 1.94 bits per heavy atom. The summed E-state index contributed by atoms with van der Waals surface area (Å²) in [6.45, 7) is 4.06. The molecule has 3 aromatic rings. The van der Waals surface area contributed by atoms with Gasteiger partial charge < -0.3 is 18.9 Å². The van der Waals surface area contributed by atoms with E-state index >= 15 is 0 Å². The summed E-state index contributed by atoms with van der Waals surface area (Å²) in [7, 11) is 0. The highest BCUT2D eigenvalue weighted by atomic mass is 19.1. The summed E-state index contributed by atoms with van der Waals surface area (Å²) in [5.41, 5.74) is 1.62. The van der Waals surface area contributed by atoms with Crippen molar-refractivity contribution in [3.05, 3.63) is 59.7 Å². The van der Waals surface area contributed by atoms with E-state index in [1.54, 1.807) is 17.0 Å². The minimum atomic E-state index is -0.318. The number of benzene rings is 2. The van der Waals surface area contributed by atoms with Crippen LogP contribution in [0.1, 0.15) is 31.2 Å². The summed E-state index contributed by atoms with van der Waals surface area (Å²) in [4.78, 5) is 18.9. The lowest BCUT2D eigenvalue weighted by atomic mass is 10.1. The van der Waals surface area contributed by atoms with E-state index < -0.39 is 0 Å². The van der Waals surface area contributed by atoms with Gasteiger partial charge in [0.25, 0.3) is 0 Å². The summed E-state index contributed by atoms with van der Waals surface area (Å²) in [6, 6.07) is 11.6. The lowest BCUT2D eigenvalue weighted by Crippen LogP contribution is -2.30. The van der Waals surface area contributed by atoms with Gasteiger partial charge in [-0.2, -0.15) is 4.98 Å². The Bertz CT molecular complexity index is 1040. The molecule has 0 radical (unpaired) electrons. The van der Waals surface area contributed by atoms with E-state index in [1.807, 2.05) is 25.1 Å². The topological polar surface area (TPSA) is 77.7 Å². The van der Waals surface area contributed by atoms with E-state index in [-0.39, 0.29) is 11.7 Å². The second-order valence-corrected chi connectivity index (χ2v) is 7.22. The van der Waals surface area contributed by atoms with Gasteiger partial charge in [0.1, 0.15) is 19.0 Å². The van der Waals surface area contributed by atoms with Crippen molar-refractivity contribution >= 4 is 5.91 Å². The van der Waals surface area contributed by atoms with Crippen molar-refractivity contribution in [2.24, 2.45) is 0 Å². The maximum atomic E-state index is 13.1. The Hall–Kier alpha value is -3.42. The zero-order chi connectivity index (χ0) is 21.6. The number of hydrogen-bond acceptors (Lipinski definition) is 6. The molecule has 162 valence electrons. The SMILES string of the molecule is CCN(Cc1cccc2c1OCCO2)C(=O)CCCc1nc(-c2ccc(F)cc2)no1. The van der Waals surface area contributed by atoms with E-state index in [0.29, 0.717) is 62.8 Å². The minimum absolute atomic E-state index is 0.0510. The number of nitrogens with zero attached hydrogens (tertiary/aromatic N) is 3. The van der Waals surface area contributed by atoms with Crippen LogP contribution in [-0.2, 0) is 17.8 Å². The molecule has 0 atom stereocenters. The van der Waals surface area contributed by atoms with E-state index in [2.05, 4.69) is 10.1 Å². The van der Waals surface area contributed by atoms with Gasteiger partial charge in [-0.1, -0.05) is 17.3 Å². The maximum Gasteiger partial charge on any atom is 0.226 e. The van der Waals surface area contributed by atoms with Gasteiger partial charge in [-0.3, -0.25) is 4.79 Å². The lowest BCUT2D eigenvalue weighted by molar-refractivity contribution is -0.131. The molecule has 2 aromatic carbocycles. The third kappa shape index (κ3) is 5.02. The Morgan fingerprint density at radius 1 is 1.13 bits per heavy atom. The van der Waals surface area contributed by atoms with Crippen molar-refractivity contribution in [1.82, 2.24) is 15.0 Å². The van der Waals surface area contributed by atoms with Crippen molar-refractivity contribution in [2.45, 2.75) is 32.7 Å². The first kappa shape index (κ1) is 20.8. The van der Waals surface area contributed by atoms with E-state index in [4.69, 9.17) is 14.0 Å². The van der Waals surface area contributed by atoms with Crippen molar-refractivity contribution in [3.63, 3.8) is 0 Å². The van der Waals surface area contributed by atoms with E-state index in [0.717, 1.165) is 17.1 Å². The monoisotopic (exact) mass is 425 g/mol. The molecule has 2 heterocycles. The molecule has 0 saturated heterocycles. The molecule has 0 fully saturated rings. The maximum absolute atomic E-state index is 13.1. The highest BCUT2D eigenvalue weighted by Crippen LogP contribution is 2.34. The fourth-order valence-electron chi connectivity index (χ4n) is 3.46. The molecule has 0 unspecified atom stereocenters. The summed E-state index contributed by atoms with van der Waals surface area (Å²) in [5.74, 6) is 2.04. The Kier molecular flexibility index (Phi) is 6.45. The number of para-hydroxylation sites is 1. The largest absolute Gasteiger partial charge is 0.486 e. The van der Waals surface area contributed by atoms with Crippen molar-refractivity contribution < 1.29 is 23.2 Å². The van der Waals surface area contributed by atoms with Gasteiger partial charge >= 0.3 is 0 Å². The Balaban J connectivity index is 1.31. The number of hydrogen-bond donors (Lipinski definition) is 0. The molecule has 0 saturated carbocycles. The second-order valence-electron chi connectivity index (χ2n) is 7.22. The number of fused-ring (bicyclic) bond motifs is 1. The third-order valence-corrected chi connectivity index (χ3v) is 5.10. The molecule has 0 aliphatic carbocycles. The molecule has 1 aromatic heterocycles. The van der Waals surface area contributed by atoms with Crippen LogP contribution in [0, 0.1) is 5.82 Å². The molecule has 0 N–H and O–H groups in total. The summed E-state index contributed by atoms with van der Waals surface area (Å²) in [5, 5.41) is 3.93. The van der Waals surface area contributed by atoms with Crippen LogP contribution in [0.2, 0.25) is 0 Å². The van der Waals surface area contributed by atoms with E-state index in [1.165, 1.54) is 12.1 Å². The molecule has 4 rings (SSSR count). The highest BCUT2D eigenvalue weighted by Gasteiger charge is 2.20. The fourth-order valence-corrected chi connectivity index (χ4v) is 3.46. The zero-order valence-electron chi connectivity index (χ0n) is 17.3. The number of rotatable bonds is 8. The quantitative estimate of drug-likeness (QED) is 0.543. The van der Waals surface area contributed by atoms with Crippen LogP contribution in [0.25, 0.3) is 11.4 Å². The van der Waals surface area contributed by atoms with Gasteiger partial charge in [-0.15, -0.1) is 0 Å². The van der Waals surface area contributed by atoms with Crippen LogP contribution in [0.15, 0.2) is 47.0 Å². The average molecular weight is 425 g/mol.